The summed E-state index contributed by atoms with van der Waals surface area (Å²) < 4.78 is 5.05. The van der Waals surface area contributed by atoms with Crippen LogP contribution in [0.4, 0.5) is 5.82 Å². The normalized spacial score (nSPS) is 10.9. The van der Waals surface area contributed by atoms with E-state index in [1.165, 1.54) is 0 Å². The van der Waals surface area contributed by atoms with Crippen molar-refractivity contribution < 1.29 is 4.42 Å². The Balaban J connectivity index is 1.93. The first kappa shape index (κ1) is 13.5. The third-order valence-electron chi connectivity index (χ3n) is 2.77. The molecule has 0 aromatic carbocycles. The van der Waals surface area contributed by atoms with Crippen molar-refractivity contribution in [2.45, 2.75) is 33.0 Å². The molecule has 0 spiro atoms. The molecule has 5 nitrogen and oxygen atoms in total. The molecule has 0 radical (unpaired) electrons. The number of nitrogens with zero attached hydrogens (tertiary/aromatic N) is 3. The van der Waals surface area contributed by atoms with Crippen molar-refractivity contribution in [2.75, 3.05) is 11.9 Å². The zero-order valence-corrected chi connectivity index (χ0v) is 11.6. The van der Waals surface area contributed by atoms with E-state index in [0.29, 0.717) is 6.04 Å². The van der Waals surface area contributed by atoms with E-state index in [2.05, 4.69) is 29.1 Å². The van der Waals surface area contributed by atoms with Gasteiger partial charge in [0.25, 0.3) is 0 Å². The minimum absolute atomic E-state index is 0.449. The molecule has 0 bridgehead atoms. The fourth-order valence-electron chi connectivity index (χ4n) is 1.68. The average molecular weight is 260 g/mol. The van der Waals surface area contributed by atoms with Gasteiger partial charge in [0.1, 0.15) is 5.82 Å². The van der Waals surface area contributed by atoms with Crippen molar-refractivity contribution in [3.8, 4) is 0 Å². The molecule has 5 heteroatoms. The number of anilines is 1. The predicted molar refractivity (Wildman–Crippen MR) is 74.8 cm³/mol. The third kappa shape index (κ3) is 4.06. The van der Waals surface area contributed by atoms with Gasteiger partial charge in [-0.3, -0.25) is 4.98 Å². The molecule has 0 saturated carbocycles. The highest BCUT2D eigenvalue weighted by Gasteiger charge is 2.05. The Bertz CT molecular complexity index is 479. The summed E-state index contributed by atoms with van der Waals surface area (Å²) in [5.41, 5.74) is 2.07. The summed E-state index contributed by atoms with van der Waals surface area (Å²) in [6.07, 6.45) is 7.04. The van der Waals surface area contributed by atoms with E-state index in [1.54, 1.807) is 18.7 Å². The van der Waals surface area contributed by atoms with Gasteiger partial charge in [-0.2, -0.15) is 0 Å². The zero-order chi connectivity index (χ0) is 13.7. The van der Waals surface area contributed by atoms with Crippen molar-refractivity contribution >= 4 is 5.82 Å². The Morgan fingerprint density at radius 3 is 2.74 bits per heavy atom. The minimum atomic E-state index is 0.449. The maximum absolute atomic E-state index is 5.05. The highest BCUT2D eigenvalue weighted by atomic mass is 16.3. The van der Waals surface area contributed by atoms with Gasteiger partial charge in [0.15, 0.2) is 0 Å². The molecule has 2 aromatic rings. The Hall–Kier alpha value is -1.88. The van der Waals surface area contributed by atoms with Crippen molar-refractivity contribution in [3.05, 3.63) is 42.2 Å². The van der Waals surface area contributed by atoms with E-state index >= 15 is 0 Å². The van der Waals surface area contributed by atoms with Gasteiger partial charge in [-0.1, -0.05) is 13.8 Å². The maximum Gasteiger partial charge on any atom is 0.147 e. The molecular weight excluding hydrogens is 240 g/mol. The van der Waals surface area contributed by atoms with Crippen LogP contribution in [-0.4, -0.2) is 23.1 Å². The van der Waals surface area contributed by atoms with Crippen LogP contribution in [0.25, 0.3) is 0 Å². The van der Waals surface area contributed by atoms with E-state index in [-0.39, 0.29) is 0 Å². The first-order chi connectivity index (χ1) is 9.15. The average Bonchev–Trinajstić information content (AvgIpc) is 2.89. The smallest absolute Gasteiger partial charge is 0.147 e. The van der Waals surface area contributed by atoms with Gasteiger partial charge in [-0.15, -0.1) is 0 Å². The number of nitrogens with one attached hydrogen (secondary N) is 1. The summed E-state index contributed by atoms with van der Waals surface area (Å²) in [5.74, 6) is 0.856. The molecule has 19 heavy (non-hydrogen) atoms. The summed E-state index contributed by atoms with van der Waals surface area (Å²) in [4.78, 5) is 10.9. The lowest BCUT2D eigenvalue weighted by Gasteiger charge is -2.17. The molecule has 0 aliphatic rings. The molecule has 2 heterocycles. The van der Waals surface area contributed by atoms with Crippen LogP contribution in [0.2, 0.25) is 0 Å². The fourth-order valence-corrected chi connectivity index (χ4v) is 1.68. The Morgan fingerprint density at radius 1 is 1.32 bits per heavy atom. The van der Waals surface area contributed by atoms with E-state index in [1.807, 2.05) is 24.2 Å². The largest absolute Gasteiger partial charge is 0.472 e. The van der Waals surface area contributed by atoms with Crippen LogP contribution < -0.4 is 10.2 Å². The SMILES string of the molecule is CC(C)NCc1cnc(N(C)Cc2ccoc2)cn1. The van der Waals surface area contributed by atoms with Crippen molar-refractivity contribution in [1.82, 2.24) is 15.3 Å². The second-order valence-corrected chi connectivity index (χ2v) is 4.89. The number of hydrogen-bond donors (Lipinski definition) is 1. The number of furan rings is 1. The fraction of sp³-hybridized carbons (Fsp3) is 0.429. The van der Waals surface area contributed by atoms with Crippen LogP contribution in [0, 0.1) is 0 Å². The molecule has 1 N–H and O–H groups in total. The summed E-state index contributed by atoms with van der Waals surface area (Å²) in [6.45, 7) is 5.73. The summed E-state index contributed by atoms with van der Waals surface area (Å²) >= 11 is 0. The van der Waals surface area contributed by atoms with E-state index in [9.17, 15) is 0 Å². The van der Waals surface area contributed by atoms with Crippen LogP contribution in [0.1, 0.15) is 25.1 Å². The van der Waals surface area contributed by atoms with Crippen molar-refractivity contribution in [2.24, 2.45) is 0 Å². The lowest BCUT2D eigenvalue weighted by atomic mass is 10.3. The van der Waals surface area contributed by atoms with E-state index in [0.717, 1.165) is 30.2 Å². The van der Waals surface area contributed by atoms with Gasteiger partial charge in [-0.05, 0) is 6.07 Å². The first-order valence-corrected chi connectivity index (χ1v) is 6.41. The molecule has 0 atom stereocenters. The quantitative estimate of drug-likeness (QED) is 0.863. The van der Waals surface area contributed by atoms with Crippen LogP contribution in [-0.2, 0) is 13.1 Å². The lowest BCUT2D eigenvalue weighted by Crippen LogP contribution is -2.23. The summed E-state index contributed by atoms with van der Waals surface area (Å²) in [6, 6.07) is 2.40. The Labute approximate surface area is 113 Å². The molecule has 102 valence electrons. The third-order valence-corrected chi connectivity index (χ3v) is 2.77. The van der Waals surface area contributed by atoms with Crippen LogP contribution in [0.3, 0.4) is 0 Å². The van der Waals surface area contributed by atoms with Gasteiger partial charge in [0.2, 0.25) is 0 Å². The molecule has 0 aliphatic carbocycles. The molecule has 2 rings (SSSR count). The molecule has 0 amide bonds. The Morgan fingerprint density at radius 2 is 2.16 bits per heavy atom. The number of aromatic nitrogens is 2. The number of rotatable bonds is 6. The molecular formula is C14H20N4O. The van der Waals surface area contributed by atoms with E-state index < -0.39 is 0 Å². The van der Waals surface area contributed by atoms with E-state index in [4.69, 9.17) is 4.42 Å². The van der Waals surface area contributed by atoms with Gasteiger partial charge in [-0.25, -0.2) is 4.98 Å². The standard InChI is InChI=1S/C14H20N4O/c1-11(2)15-6-13-7-17-14(8-16-13)18(3)9-12-4-5-19-10-12/h4-5,7-8,10-11,15H,6,9H2,1-3H3. The van der Waals surface area contributed by atoms with Crippen molar-refractivity contribution in [3.63, 3.8) is 0 Å². The van der Waals surface area contributed by atoms with Gasteiger partial charge in [0.05, 0.1) is 30.6 Å². The van der Waals surface area contributed by atoms with Gasteiger partial charge >= 0.3 is 0 Å². The topological polar surface area (TPSA) is 54.2 Å². The number of hydrogen-bond acceptors (Lipinski definition) is 5. The molecule has 0 unspecified atom stereocenters. The minimum Gasteiger partial charge on any atom is -0.472 e. The zero-order valence-electron chi connectivity index (χ0n) is 11.6. The Kier molecular flexibility index (Phi) is 4.52. The van der Waals surface area contributed by atoms with Crippen molar-refractivity contribution in [1.29, 1.82) is 0 Å². The monoisotopic (exact) mass is 260 g/mol. The van der Waals surface area contributed by atoms with Gasteiger partial charge < -0.3 is 14.6 Å². The summed E-state index contributed by atoms with van der Waals surface area (Å²) in [5, 5.41) is 3.32. The molecule has 0 saturated heterocycles. The van der Waals surface area contributed by atoms with Gasteiger partial charge in [0, 0.05) is 31.7 Å². The van der Waals surface area contributed by atoms with Crippen LogP contribution >= 0.6 is 0 Å². The summed E-state index contributed by atoms with van der Waals surface area (Å²) in [7, 11) is 1.99. The second kappa shape index (κ2) is 6.33. The van der Waals surface area contributed by atoms with Crippen LogP contribution in [0.15, 0.2) is 35.4 Å². The molecule has 0 fully saturated rings. The highest BCUT2D eigenvalue weighted by Crippen LogP contribution is 2.11. The molecule has 2 aromatic heterocycles. The van der Waals surface area contributed by atoms with Crippen LogP contribution in [0.5, 0.6) is 0 Å². The first-order valence-electron chi connectivity index (χ1n) is 6.41. The highest BCUT2D eigenvalue weighted by molar-refractivity contribution is 5.35. The maximum atomic E-state index is 5.05. The second-order valence-electron chi connectivity index (χ2n) is 4.89. The predicted octanol–water partition coefficient (Wildman–Crippen LogP) is 2.20. The lowest BCUT2D eigenvalue weighted by molar-refractivity contribution is 0.563. The molecule has 0 aliphatic heterocycles.